The van der Waals surface area contributed by atoms with Crippen LogP contribution in [0.25, 0.3) is 0 Å². The highest BCUT2D eigenvalue weighted by Crippen LogP contribution is 2.37. The number of piperazine rings is 1. The maximum absolute atomic E-state index is 13.0. The van der Waals surface area contributed by atoms with Crippen LogP contribution in [0.3, 0.4) is 0 Å². The Labute approximate surface area is 146 Å². The maximum Gasteiger partial charge on any atom is 0.416 e. The van der Waals surface area contributed by atoms with Gasteiger partial charge in [-0.25, -0.2) is 0 Å². The van der Waals surface area contributed by atoms with Gasteiger partial charge >= 0.3 is 6.18 Å². The number of hydrogen-bond acceptors (Lipinski definition) is 2. The second kappa shape index (κ2) is 9.11. The van der Waals surface area contributed by atoms with Crippen LogP contribution in [0, 0.1) is 0 Å². The van der Waals surface area contributed by atoms with Crippen molar-refractivity contribution in [3.05, 3.63) is 34.3 Å². The van der Waals surface area contributed by atoms with E-state index in [9.17, 15) is 13.2 Å². The van der Waals surface area contributed by atoms with Crippen LogP contribution in [-0.4, -0.2) is 31.1 Å². The molecule has 0 aliphatic carbocycles. The topological polar surface area (TPSA) is 15.3 Å². The zero-order valence-electron chi connectivity index (χ0n) is 13.1. The summed E-state index contributed by atoms with van der Waals surface area (Å²) in [6.07, 6.45) is -1.52. The van der Waals surface area contributed by atoms with Crippen molar-refractivity contribution in [2.24, 2.45) is 0 Å². The largest absolute Gasteiger partial charge is 0.416 e. The molecule has 0 radical (unpaired) electrons. The predicted molar refractivity (Wildman–Crippen MR) is 90.4 cm³/mol. The SMILES string of the molecule is CCCC[C@@H](c1cc(C(F)(F)F)ccc1Cl)N1CCNCC1.Cl. The molecule has 0 saturated carbocycles. The molecule has 2 nitrogen and oxygen atoms in total. The first-order valence-electron chi connectivity index (χ1n) is 7.75. The third-order valence-corrected chi connectivity index (χ3v) is 4.45. The van der Waals surface area contributed by atoms with Crippen LogP contribution in [0.2, 0.25) is 5.02 Å². The summed E-state index contributed by atoms with van der Waals surface area (Å²) in [5.74, 6) is 0. The number of hydrogen-bond donors (Lipinski definition) is 1. The number of nitrogens with one attached hydrogen (secondary N) is 1. The first-order chi connectivity index (χ1) is 10.4. The average Bonchev–Trinajstić information content (AvgIpc) is 2.49. The van der Waals surface area contributed by atoms with E-state index in [-0.39, 0.29) is 18.4 Å². The van der Waals surface area contributed by atoms with E-state index in [1.807, 2.05) is 0 Å². The first kappa shape index (κ1) is 20.6. The number of unbranched alkanes of at least 4 members (excludes halogenated alkanes) is 1. The second-order valence-corrected chi connectivity index (χ2v) is 6.09. The molecule has 7 heteroatoms. The summed E-state index contributed by atoms with van der Waals surface area (Å²) >= 11 is 6.23. The quantitative estimate of drug-likeness (QED) is 0.791. The first-order valence-corrected chi connectivity index (χ1v) is 8.12. The number of rotatable bonds is 5. The monoisotopic (exact) mass is 370 g/mol. The van der Waals surface area contributed by atoms with E-state index in [0.29, 0.717) is 10.6 Å². The number of alkyl halides is 3. The molecule has 0 unspecified atom stereocenters. The van der Waals surface area contributed by atoms with Crippen LogP contribution in [-0.2, 0) is 6.18 Å². The van der Waals surface area contributed by atoms with Gasteiger partial charge in [0.2, 0.25) is 0 Å². The Bertz CT molecular complexity index is 489. The van der Waals surface area contributed by atoms with E-state index in [0.717, 1.165) is 51.5 Å². The molecule has 2 rings (SSSR count). The van der Waals surface area contributed by atoms with Gasteiger partial charge in [-0.05, 0) is 30.2 Å². The average molecular weight is 371 g/mol. The molecule has 0 amide bonds. The van der Waals surface area contributed by atoms with Crippen molar-refractivity contribution in [2.75, 3.05) is 26.2 Å². The van der Waals surface area contributed by atoms with E-state index < -0.39 is 11.7 Å². The smallest absolute Gasteiger partial charge is 0.314 e. The minimum Gasteiger partial charge on any atom is -0.314 e. The Hall–Kier alpha value is -0.490. The Balaban J connectivity index is 0.00000264. The van der Waals surface area contributed by atoms with Crippen molar-refractivity contribution >= 4 is 24.0 Å². The van der Waals surface area contributed by atoms with Crippen molar-refractivity contribution in [1.82, 2.24) is 10.2 Å². The molecule has 1 aliphatic rings. The highest BCUT2D eigenvalue weighted by Gasteiger charge is 2.32. The maximum atomic E-state index is 13.0. The van der Waals surface area contributed by atoms with Crippen molar-refractivity contribution in [3.63, 3.8) is 0 Å². The Kier molecular flexibility index (Phi) is 8.14. The lowest BCUT2D eigenvalue weighted by molar-refractivity contribution is -0.137. The van der Waals surface area contributed by atoms with Gasteiger partial charge in [-0.3, -0.25) is 4.90 Å². The fourth-order valence-corrected chi connectivity index (χ4v) is 3.14. The Morgan fingerprint density at radius 3 is 2.48 bits per heavy atom. The zero-order valence-corrected chi connectivity index (χ0v) is 14.7. The molecule has 1 N–H and O–H groups in total. The van der Waals surface area contributed by atoms with Crippen LogP contribution < -0.4 is 5.32 Å². The third kappa shape index (κ3) is 5.52. The van der Waals surface area contributed by atoms with Crippen LogP contribution in [0.1, 0.15) is 43.4 Å². The Morgan fingerprint density at radius 2 is 1.91 bits per heavy atom. The summed E-state index contributed by atoms with van der Waals surface area (Å²) in [5, 5.41) is 3.70. The van der Waals surface area contributed by atoms with Crippen molar-refractivity contribution in [3.8, 4) is 0 Å². The normalized spacial score (nSPS) is 17.6. The summed E-state index contributed by atoms with van der Waals surface area (Å²) in [4.78, 5) is 2.24. The molecule has 1 aliphatic heterocycles. The van der Waals surface area contributed by atoms with Crippen molar-refractivity contribution in [2.45, 2.75) is 38.4 Å². The lowest BCUT2D eigenvalue weighted by Crippen LogP contribution is -2.45. The van der Waals surface area contributed by atoms with Crippen LogP contribution >= 0.6 is 24.0 Å². The van der Waals surface area contributed by atoms with Gasteiger partial charge in [0.05, 0.1) is 5.56 Å². The zero-order chi connectivity index (χ0) is 16.2. The summed E-state index contributed by atoms with van der Waals surface area (Å²) in [5.41, 5.74) is -0.0182. The minimum absolute atomic E-state index is 0. The highest BCUT2D eigenvalue weighted by molar-refractivity contribution is 6.31. The molecule has 1 atom stereocenters. The minimum atomic E-state index is -4.34. The van der Waals surface area contributed by atoms with E-state index in [1.54, 1.807) is 0 Å². The van der Waals surface area contributed by atoms with Gasteiger partial charge in [-0.2, -0.15) is 13.2 Å². The molecular weight excluding hydrogens is 348 g/mol. The molecule has 0 aromatic heterocycles. The van der Waals surface area contributed by atoms with Gasteiger partial charge in [0.1, 0.15) is 0 Å². The van der Waals surface area contributed by atoms with E-state index in [4.69, 9.17) is 11.6 Å². The second-order valence-electron chi connectivity index (χ2n) is 5.68. The van der Waals surface area contributed by atoms with Crippen LogP contribution in [0.15, 0.2) is 18.2 Å². The molecule has 1 fully saturated rings. The third-order valence-electron chi connectivity index (χ3n) is 4.11. The molecule has 0 bridgehead atoms. The standard InChI is InChI=1S/C16H22ClF3N2.ClH/c1-2-3-4-15(22-9-7-21-8-10-22)13-11-12(16(18,19)20)5-6-14(13)17;/h5-6,11,15,21H,2-4,7-10H2,1H3;1H/t15-;/m0./s1. The number of nitrogens with zero attached hydrogens (tertiary/aromatic N) is 1. The molecule has 1 saturated heterocycles. The number of benzene rings is 1. The van der Waals surface area contributed by atoms with Gasteiger partial charge in [-0.15, -0.1) is 12.4 Å². The molecule has 23 heavy (non-hydrogen) atoms. The van der Waals surface area contributed by atoms with E-state index in [2.05, 4.69) is 17.1 Å². The Morgan fingerprint density at radius 1 is 1.26 bits per heavy atom. The summed E-state index contributed by atoms with van der Waals surface area (Å²) in [7, 11) is 0. The molecule has 1 aromatic rings. The van der Waals surface area contributed by atoms with Crippen LogP contribution in [0.5, 0.6) is 0 Å². The lowest BCUT2D eigenvalue weighted by atomic mass is 9.96. The van der Waals surface area contributed by atoms with E-state index >= 15 is 0 Å². The van der Waals surface area contributed by atoms with Crippen LogP contribution in [0.4, 0.5) is 13.2 Å². The lowest BCUT2D eigenvalue weighted by Gasteiger charge is -2.36. The molecule has 132 valence electrons. The molecule has 1 aromatic carbocycles. The molecular formula is C16H23Cl2F3N2. The fourth-order valence-electron chi connectivity index (χ4n) is 2.90. The fraction of sp³-hybridized carbons (Fsp3) is 0.625. The molecule has 1 heterocycles. The predicted octanol–water partition coefficient (Wildman–Crippen LogP) is 4.92. The number of halogens is 5. The molecule has 0 spiro atoms. The van der Waals surface area contributed by atoms with Gasteiger partial charge < -0.3 is 5.32 Å². The van der Waals surface area contributed by atoms with Gasteiger partial charge in [-0.1, -0.05) is 31.4 Å². The summed E-state index contributed by atoms with van der Waals surface area (Å²) in [6.45, 7) is 5.48. The van der Waals surface area contributed by atoms with Gasteiger partial charge in [0.15, 0.2) is 0 Å². The van der Waals surface area contributed by atoms with Crippen molar-refractivity contribution in [1.29, 1.82) is 0 Å². The van der Waals surface area contributed by atoms with Crippen molar-refractivity contribution < 1.29 is 13.2 Å². The summed E-state index contributed by atoms with van der Waals surface area (Å²) in [6, 6.07) is 3.61. The van der Waals surface area contributed by atoms with Gasteiger partial charge in [0, 0.05) is 37.2 Å². The van der Waals surface area contributed by atoms with E-state index in [1.165, 1.54) is 12.1 Å². The summed E-state index contributed by atoms with van der Waals surface area (Å²) < 4.78 is 39.0. The van der Waals surface area contributed by atoms with Gasteiger partial charge in [0.25, 0.3) is 0 Å². The highest BCUT2D eigenvalue weighted by atomic mass is 35.5.